The highest BCUT2D eigenvalue weighted by Gasteiger charge is 2.63. The second-order valence-corrected chi connectivity index (χ2v) is 6.52. The van der Waals surface area contributed by atoms with Gasteiger partial charge < -0.3 is 4.74 Å². The molecule has 7 heteroatoms. The zero-order chi connectivity index (χ0) is 19.1. The summed E-state index contributed by atoms with van der Waals surface area (Å²) < 4.78 is 62.0. The Morgan fingerprint density at radius 2 is 1.88 bits per heavy atom. The molecule has 0 amide bonds. The Bertz CT molecular complexity index is 863. The lowest BCUT2D eigenvalue weighted by molar-refractivity contribution is -0.263. The maximum Gasteiger partial charge on any atom is 0.426 e. The molecule has 2 aromatic carbocycles. The third-order valence-corrected chi connectivity index (χ3v) is 4.69. The van der Waals surface area contributed by atoms with E-state index in [0.29, 0.717) is 6.42 Å². The largest absolute Gasteiger partial charge is 0.426 e. The van der Waals surface area contributed by atoms with Gasteiger partial charge in [-0.1, -0.05) is 42.8 Å². The molecule has 138 valence electrons. The van der Waals surface area contributed by atoms with Crippen molar-refractivity contribution in [2.45, 2.75) is 31.5 Å². The number of ketones is 1. The van der Waals surface area contributed by atoms with Crippen LogP contribution in [0.1, 0.15) is 30.9 Å². The monoisotopic (exact) mass is 386 g/mol. The summed E-state index contributed by atoms with van der Waals surface area (Å²) in [6, 6.07) is 7.48. The topological polar surface area (TPSA) is 26.3 Å². The first-order valence-electron chi connectivity index (χ1n) is 8.04. The van der Waals surface area contributed by atoms with E-state index < -0.39 is 35.5 Å². The van der Waals surface area contributed by atoms with Crippen LogP contribution in [0.25, 0.3) is 11.1 Å². The predicted molar refractivity (Wildman–Crippen MR) is 89.5 cm³/mol. The number of carbonyl (C=O) groups is 1. The number of fused-ring (bicyclic) bond motifs is 3. The third kappa shape index (κ3) is 2.81. The highest BCUT2D eigenvalue weighted by atomic mass is 35.5. The standard InChI is InChI=1S/C19H15ClF4O2/c1-2-5-12(25)10-26-18(19(22,23)24)14-7-4-3-6-13(14)17-15(18)8-11(21)9-16(17)20/h3-4,6-9H,2,5,10H2,1H3. The molecule has 0 aliphatic heterocycles. The lowest BCUT2D eigenvalue weighted by Gasteiger charge is -2.34. The van der Waals surface area contributed by atoms with Crippen molar-refractivity contribution in [2.75, 3.05) is 6.61 Å². The number of halogens is 5. The van der Waals surface area contributed by atoms with Crippen molar-refractivity contribution in [1.82, 2.24) is 0 Å². The smallest absolute Gasteiger partial charge is 0.349 e. The van der Waals surface area contributed by atoms with E-state index in [-0.39, 0.29) is 28.1 Å². The lowest BCUT2D eigenvalue weighted by Crippen LogP contribution is -2.45. The van der Waals surface area contributed by atoms with Crippen LogP contribution in [0.5, 0.6) is 0 Å². The van der Waals surface area contributed by atoms with Gasteiger partial charge in [0.15, 0.2) is 5.78 Å². The molecule has 3 rings (SSSR count). The fourth-order valence-corrected chi connectivity index (χ4v) is 3.67. The first-order chi connectivity index (χ1) is 12.2. The maximum atomic E-state index is 14.3. The quantitative estimate of drug-likeness (QED) is 0.620. The van der Waals surface area contributed by atoms with Crippen LogP contribution in [0.3, 0.4) is 0 Å². The van der Waals surface area contributed by atoms with Gasteiger partial charge in [0.1, 0.15) is 12.4 Å². The summed E-state index contributed by atoms with van der Waals surface area (Å²) in [6.45, 7) is 1.02. The zero-order valence-corrected chi connectivity index (χ0v) is 14.5. The molecule has 2 nitrogen and oxygen atoms in total. The van der Waals surface area contributed by atoms with E-state index in [0.717, 1.165) is 12.1 Å². The van der Waals surface area contributed by atoms with Crippen LogP contribution in [0.2, 0.25) is 5.02 Å². The highest BCUT2D eigenvalue weighted by molar-refractivity contribution is 6.33. The Morgan fingerprint density at radius 3 is 2.54 bits per heavy atom. The molecular weight excluding hydrogens is 372 g/mol. The normalized spacial score (nSPS) is 18.5. The summed E-state index contributed by atoms with van der Waals surface area (Å²) in [5, 5.41) is -0.137. The number of Topliss-reactive ketones (excluding diaryl/α,β-unsaturated/α-hetero) is 1. The van der Waals surface area contributed by atoms with Crippen LogP contribution >= 0.6 is 11.6 Å². The Morgan fingerprint density at radius 1 is 1.19 bits per heavy atom. The van der Waals surface area contributed by atoms with Crippen molar-refractivity contribution in [1.29, 1.82) is 0 Å². The van der Waals surface area contributed by atoms with Gasteiger partial charge in [-0.05, 0) is 24.1 Å². The first kappa shape index (κ1) is 18.9. The number of ether oxygens (including phenoxy) is 1. The number of benzene rings is 2. The first-order valence-corrected chi connectivity index (χ1v) is 8.42. The molecule has 1 atom stereocenters. The molecule has 0 spiro atoms. The van der Waals surface area contributed by atoms with Gasteiger partial charge in [-0.3, -0.25) is 4.79 Å². The van der Waals surface area contributed by atoms with E-state index in [9.17, 15) is 22.4 Å². The van der Waals surface area contributed by atoms with E-state index in [2.05, 4.69) is 0 Å². The molecule has 0 N–H and O–H groups in total. The fraction of sp³-hybridized carbons (Fsp3) is 0.316. The average Bonchev–Trinajstić information content (AvgIpc) is 2.84. The second kappa shape index (κ2) is 6.67. The van der Waals surface area contributed by atoms with Gasteiger partial charge in [-0.15, -0.1) is 0 Å². The number of rotatable bonds is 5. The summed E-state index contributed by atoms with van der Waals surface area (Å²) in [5.41, 5.74) is -3.27. The zero-order valence-electron chi connectivity index (χ0n) is 13.8. The van der Waals surface area contributed by atoms with Gasteiger partial charge in [0.05, 0.1) is 5.02 Å². The van der Waals surface area contributed by atoms with Gasteiger partial charge in [0.25, 0.3) is 0 Å². The maximum absolute atomic E-state index is 14.3. The molecule has 1 unspecified atom stereocenters. The van der Waals surface area contributed by atoms with Crippen LogP contribution in [-0.4, -0.2) is 18.6 Å². The Balaban J connectivity index is 2.26. The molecule has 0 aromatic heterocycles. The van der Waals surface area contributed by atoms with Crippen molar-refractivity contribution >= 4 is 17.4 Å². The van der Waals surface area contributed by atoms with Crippen LogP contribution in [0, 0.1) is 5.82 Å². The summed E-state index contributed by atoms with van der Waals surface area (Å²) in [6.07, 6.45) is -4.32. The summed E-state index contributed by atoms with van der Waals surface area (Å²) in [4.78, 5) is 11.8. The molecule has 1 aliphatic rings. The molecule has 0 saturated heterocycles. The van der Waals surface area contributed by atoms with Crippen LogP contribution in [-0.2, 0) is 15.1 Å². The number of hydrogen-bond acceptors (Lipinski definition) is 2. The van der Waals surface area contributed by atoms with E-state index in [1.165, 1.54) is 18.2 Å². The van der Waals surface area contributed by atoms with Crippen molar-refractivity contribution in [2.24, 2.45) is 0 Å². The molecule has 0 fully saturated rings. The minimum atomic E-state index is -4.92. The van der Waals surface area contributed by atoms with Crippen LogP contribution in [0.15, 0.2) is 36.4 Å². The Kier molecular flexibility index (Phi) is 4.84. The lowest BCUT2D eigenvalue weighted by atomic mass is 9.90. The molecule has 0 radical (unpaired) electrons. The Hall–Kier alpha value is -1.92. The van der Waals surface area contributed by atoms with E-state index >= 15 is 0 Å². The van der Waals surface area contributed by atoms with Crippen LogP contribution < -0.4 is 0 Å². The molecule has 1 aliphatic carbocycles. The molecule has 0 heterocycles. The number of hydrogen-bond donors (Lipinski definition) is 0. The van der Waals surface area contributed by atoms with Crippen molar-refractivity contribution in [3.63, 3.8) is 0 Å². The molecule has 0 bridgehead atoms. The highest BCUT2D eigenvalue weighted by Crippen LogP contribution is 2.58. The predicted octanol–water partition coefficient (Wildman–Crippen LogP) is 5.65. The average molecular weight is 387 g/mol. The molecule has 2 aromatic rings. The van der Waals surface area contributed by atoms with E-state index in [1.54, 1.807) is 13.0 Å². The Labute approximate surface area is 152 Å². The molecular formula is C19H15ClF4O2. The van der Waals surface area contributed by atoms with E-state index in [1.807, 2.05) is 0 Å². The summed E-state index contributed by atoms with van der Waals surface area (Å²) in [5.74, 6) is -1.36. The number of alkyl halides is 3. The fourth-order valence-electron chi connectivity index (χ4n) is 3.36. The van der Waals surface area contributed by atoms with Crippen molar-refractivity contribution < 1.29 is 27.1 Å². The van der Waals surface area contributed by atoms with Gasteiger partial charge in [-0.2, -0.15) is 13.2 Å². The van der Waals surface area contributed by atoms with Gasteiger partial charge in [0.2, 0.25) is 5.60 Å². The van der Waals surface area contributed by atoms with Crippen molar-refractivity contribution in [3.8, 4) is 11.1 Å². The molecule has 0 saturated carbocycles. The third-order valence-electron chi connectivity index (χ3n) is 4.39. The minimum Gasteiger partial charge on any atom is -0.349 e. The molecule has 26 heavy (non-hydrogen) atoms. The van der Waals surface area contributed by atoms with E-state index in [4.69, 9.17) is 16.3 Å². The van der Waals surface area contributed by atoms with Gasteiger partial charge in [-0.25, -0.2) is 4.39 Å². The summed E-state index contributed by atoms with van der Waals surface area (Å²) >= 11 is 6.06. The van der Waals surface area contributed by atoms with Gasteiger partial charge >= 0.3 is 6.18 Å². The number of carbonyl (C=O) groups excluding carboxylic acids is 1. The minimum absolute atomic E-state index is 0.0731. The van der Waals surface area contributed by atoms with Crippen LogP contribution in [0.4, 0.5) is 17.6 Å². The second-order valence-electron chi connectivity index (χ2n) is 6.11. The summed E-state index contributed by atoms with van der Waals surface area (Å²) in [7, 11) is 0. The van der Waals surface area contributed by atoms with Gasteiger partial charge in [0, 0.05) is 23.1 Å². The van der Waals surface area contributed by atoms with Crippen molar-refractivity contribution in [3.05, 3.63) is 58.4 Å². The SMILES string of the molecule is CCCC(=O)COC1(C(F)(F)F)c2ccccc2-c2c(Cl)cc(F)cc21.